The van der Waals surface area contributed by atoms with Crippen molar-refractivity contribution in [2.75, 3.05) is 6.54 Å². The smallest absolute Gasteiger partial charge is 0.129 e. The lowest BCUT2D eigenvalue weighted by molar-refractivity contribution is -0.117. The highest BCUT2D eigenvalue weighted by atomic mass is 16.3. The molecule has 0 saturated heterocycles. The first kappa shape index (κ1) is 9.99. The molecule has 0 saturated carbocycles. The van der Waals surface area contributed by atoms with E-state index in [4.69, 9.17) is 4.42 Å². The molecule has 0 aliphatic heterocycles. The van der Waals surface area contributed by atoms with Crippen LogP contribution in [0.2, 0.25) is 0 Å². The molecule has 1 rings (SSSR count). The fraction of sp³-hybridized carbons (Fsp3) is 0.500. The maximum absolute atomic E-state index is 10.6. The minimum Gasteiger partial charge on any atom is -0.468 e. The van der Waals surface area contributed by atoms with Gasteiger partial charge in [-0.1, -0.05) is 0 Å². The third-order valence-electron chi connectivity index (χ3n) is 1.76. The summed E-state index contributed by atoms with van der Waals surface area (Å²) in [5.41, 5.74) is 0. The van der Waals surface area contributed by atoms with Gasteiger partial charge in [-0.2, -0.15) is 0 Å². The van der Waals surface area contributed by atoms with Gasteiger partial charge in [-0.15, -0.1) is 0 Å². The summed E-state index contributed by atoms with van der Waals surface area (Å²) in [6.45, 7) is 3.22. The number of nitrogens with one attached hydrogen (secondary N) is 1. The normalized spacial score (nSPS) is 10.2. The molecular formula is C10H15NO2. The zero-order valence-electron chi connectivity index (χ0n) is 7.88. The SMILES string of the molecule is CC(=O)CCCNCc1ccco1. The van der Waals surface area contributed by atoms with E-state index in [1.165, 1.54) is 0 Å². The number of furan rings is 1. The zero-order valence-corrected chi connectivity index (χ0v) is 7.88. The molecule has 0 fully saturated rings. The van der Waals surface area contributed by atoms with Gasteiger partial charge in [0.25, 0.3) is 0 Å². The Labute approximate surface area is 78.1 Å². The number of carbonyl (C=O) groups is 1. The average molecular weight is 181 g/mol. The van der Waals surface area contributed by atoms with Gasteiger partial charge in [-0.25, -0.2) is 0 Å². The molecule has 0 unspecified atom stereocenters. The minimum absolute atomic E-state index is 0.250. The second kappa shape index (κ2) is 5.54. The van der Waals surface area contributed by atoms with Crippen LogP contribution in [-0.4, -0.2) is 12.3 Å². The molecule has 0 amide bonds. The van der Waals surface area contributed by atoms with Gasteiger partial charge < -0.3 is 14.5 Å². The molecule has 0 aliphatic rings. The van der Waals surface area contributed by atoms with Crippen LogP contribution in [0.4, 0.5) is 0 Å². The molecule has 13 heavy (non-hydrogen) atoms. The van der Waals surface area contributed by atoms with E-state index < -0.39 is 0 Å². The molecule has 0 radical (unpaired) electrons. The Bertz CT molecular complexity index is 241. The highest BCUT2D eigenvalue weighted by molar-refractivity contribution is 5.75. The van der Waals surface area contributed by atoms with Gasteiger partial charge >= 0.3 is 0 Å². The van der Waals surface area contributed by atoms with E-state index in [1.807, 2.05) is 12.1 Å². The molecule has 0 aliphatic carbocycles. The van der Waals surface area contributed by atoms with Crippen LogP contribution in [-0.2, 0) is 11.3 Å². The predicted molar refractivity (Wildman–Crippen MR) is 50.3 cm³/mol. The predicted octanol–water partition coefficient (Wildman–Crippen LogP) is 1.74. The Morgan fingerprint density at radius 2 is 2.46 bits per heavy atom. The second-order valence-corrected chi connectivity index (χ2v) is 3.06. The first-order chi connectivity index (χ1) is 6.29. The average Bonchev–Trinajstić information content (AvgIpc) is 2.55. The number of carbonyl (C=O) groups excluding carboxylic acids is 1. The second-order valence-electron chi connectivity index (χ2n) is 3.06. The molecule has 1 aromatic rings. The zero-order chi connectivity index (χ0) is 9.52. The van der Waals surface area contributed by atoms with E-state index in [-0.39, 0.29) is 5.78 Å². The first-order valence-electron chi connectivity index (χ1n) is 4.51. The number of Topliss-reactive ketones (excluding diaryl/α,β-unsaturated/α-hetero) is 1. The fourth-order valence-electron chi connectivity index (χ4n) is 1.09. The van der Waals surface area contributed by atoms with Crippen molar-refractivity contribution in [3.8, 4) is 0 Å². The monoisotopic (exact) mass is 181 g/mol. The van der Waals surface area contributed by atoms with Crippen molar-refractivity contribution in [1.82, 2.24) is 5.32 Å². The van der Waals surface area contributed by atoms with Crippen molar-refractivity contribution >= 4 is 5.78 Å². The Balaban J connectivity index is 1.99. The molecule has 0 bridgehead atoms. The highest BCUT2D eigenvalue weighted by Crippen LogP contribution is 1.98. The lowest BCUT2D eigenvalue weighted by atomic mass is 10.2. The van der Waals surface area contributed by atoms with Crippen LogP contribution >= 0.6 is 0 Å². The Morgan fingerprint density at radius 1 is 1.62 bits per heavy atom. The number of ketones is 1. The first-order valence-corrected chi connectivity index (χ1v) is 4.51. The van der Waals surface area contributed by atoms with E-state index >= 15 is 0 Å². The molecule has 1 heterocycles. The van der Waals surface area contributed by atoms with Crippen LogP contribution < -0.4 is 5.32 Å². The van der Waals surface area contributed by atoms with Gasteiger partial charge in [0.05, 0.1) is 12.8 Å². The van der Waals surface area contributed by atoms with Crippen LogP contribution in [0.1, 0.15) is 25.5 Å². The third-order valence-corrected chi connectivity index (χ3v) is 1.76. The third kappa shape index (κ3) is 4.48. The highest BCUT2D eigenvalue weighted by Gasteiger charge is 1.95. The van der Waals surface area contributed by atoms with Crippen molar-refractivity contribution < 1.29 is 9.21 Å². The van der Waals surface area contributed by atoms with E-state index in [9.17, 15) is 4.79 Å². The summed E-state index contributed by atoms with van der Waals surface area (Å²) in [6, 6.07) is 3.80. The van der Waals surface area contributed by atoms with Crippen LogP contribution in [0.5, 0.6) is 0 Å². The molecule has 3 heteroatoms. The topological polar surface area (TPSA) is 42.2 Å². The quantitative estimate of drug-likeness (QED) is 0.680. The number of rotatable bonds is 6. The van der Waals surface area contributed by atoms with Crippen molar-refractivity contribution in [2.45, 2.75) is 26.3 Å². The molecular weight excluding hydrogens is 166 g/mol. The fourth-order valence-corrected chi connectivity index (χ4v) is 1.09. The van der Waals surface area contributed by atoms with Gasteiger partial charge in [0.2, 0.25) is 0 Å². The van der Waals surface area contributed by atoms with Crippen molar-refractivity contribution in [2.24, 2.45) is 0 Å². The van der Waals surface area contributed by atoms with Crippen molar-refractivity contribution in [3.63, 3.8) is 0 Å². The van der Waals surface area contributed by atoms with Crippen LogP contribution in [0.25, 0.3) is 0 Å². The summed E-state index contributed by atoms with van der Waals surface area (Å²) in [5, 5.41) is 3.20. The lowest BCUT2D eigenvalue weighted by Gasteiger charge is -2.00. The summed E-state index contributed by atoms with van der Waals surface area (Å²) >= 11 is 0. The Kier molecular flexibility index (Phi) is 4.26. The van der Waals surface area contributed by atoms with Crippen molar-refractivity contribution in [3.05, 3.63) is 24.2 Å². The largest absolute Gasteiger partial charge is 0.468 e. The molecule has 3 nitrogen and oxygen atoms in total. The van der Waals surface area contributed by atoms with E-state index in [0.717, 1.165) is 25.3 Å². The molecule has 0 aromatic carbocycles. The van der Waals surface area contributed by atoms with E-state index in [2.05, 4.69) is 5.32 Å². The van der Waals surface area contributed by atoms with Crippen LogP contribution in [0.15, 0.2) is 22.8 Å². The Morgan fingerprint density at radius 3 is 3.08 bits per heavy atom. The summed E-state index contributed by atoms with van der Waals surface area (Å²) < 4.78 is 5.13. The van der Waals surface area contributed by atoms with Gasteiger partial charge in [0, 0.05) is 6.42 Å². The van der Waals surface area contributed by atoms with Gasteiger partial charge in [0.1, 0.15) is 11.5 Å². The molecule has 1 N–H and O–H groups in total. The summed E-state index contributed by atoms with van der Waals surface area (Å²) in [4.78, 5) is 10.6. The molecule has 72 valence electrons. The molecule has 0 atom stereocenters. The van der Waals surface area contributed by atoms with Crippen molar-refractivity contribution in [1.29, 1.82) is 0 Å². The van der Waals surface area contributed by atoms with E-state index in [0.29, 0.717) is 6.42 Å². The van der Waals surface area contributed by atoms with Crippen LogP contribution in [0.3, 0.4) is 0 Å². The Hall–Kier alpha value is -1.09. The number of hydrogen-bond acceptors (Lipinski definition) is 3. The lowest BCUT2D eigenvalue weighted by Crippen LogP contribution is -2.14. The minimum atomic E-state index is 0.250. The molecule has 0 spiro atoms. The van der Waals surface area contributed by atoms with E-state index in [1.54, 1.807) is 13.2 Å². The van der Waals surface area contributed by atoms with Gasteiger partial charge in [0.15, 0.2) is 0 Å². The standard InChI is InChI=1S/C10H15NO2/c1-9(12)4-2-6-11-8-10-5-3-7-13-10/h3,5,7,11H,2,4,6,8H2,1H3. The number of hydrogen-bond donors (Lipinski definition) is 1. The van der Waals surface area contributed by atoms with Gasteiger partial charge in [-0.05, 0) is 32.0 Å². The van der Waals surface area contributed by atoms with Crippen LogP contribution in [0, 0.1) is 0 Å². The van der Waals surface area contributed by atoms with Gasteiger partial charge in [-0.3, -0.25) is 0 Å². The summed E-state index contributed by atoms with van der Waals surface area (Å²) in [5.74, 6) is 1.18. The molecule has 1 aromatic heterocycles. The maximum atomic E-state index is 10.6. The summed E-state index contributed by atoms with van der Waals surface area (Å²) in [7, 11) is 0. The maximum Gasteiger partial charge on any atom is 0.129 e. The summed E-state index contributed by atoms with van der Waals surface area (Å²) in [6.07, 6.45) is 3.22.